The number of carbonyl (C=O) groups is 2. The van der Waals surface area contributed by atoms with Crippen molar-refractivity contribution in [3.8, 4) is 11.8 Å². The van der Waals surface area contributed by atoms with E-state index in [4.69, 9.17) is 4.65 Å². The summed E-state index contributed by atoms with van der Waals surface area (Å²) in [5, 5.41) is 8.39. The molecule has 7 aromatic rings. The van der Waals surface area contributed by atoms with Crippen LogP contribution in [0, 0.1) is 18.5 Å². The first-order valence-electron chi connectivity index (χ1n) is 17.2. The molecule has 0 aliphatic rings. The van der Waals surface area contributed by atoms with Crippen molar-refractivity contribution < 1.29 is 43.8 Å². The van der Waals surface area contributed by atoms with Crippen LogP contribution in [0.5, 0.6) is 0 Å². The average Bonchev–Trinajstić information content (AvgIpc) is 3.30. The minimum Gasteiger partial charge on any atom is -0.265 e. The number of nitrogens with zero attached hydrogens (tertiary/aromatic N) is 1. The molecule has 0 N–H and O–H groups in total. The molecular weight excluding hydrogens is 925 g/mol. The van der Waals surface area contributed by atoms with Gasteiger partial charge < -0.3 is 9.47 Å². The first kappa shape index (κ1) is 47.4. The maximum atomic E-state index is 10.2. The van der Waals surface area contributed by atoms with Gasteiger partial charge in [0, 0.05) is 44.3 Å². The second kappa shape index (κ2) is 29.5. The molecule has 0 unspecified atom stereocenters. The molecule has 1 radical (unpaired) electrons. The van der Waals surface area contributed by atoms with Gasteiger partial charge in [0.2, 0.25) is 0 Å². The van der Waals surface area contributed by atoms with Crippen LogP contribution in [0.1, 0.15) is 0 Å². The third-order valence-electron chi connectivity index (χ3n) is 7.29. The predicted molar refractivity (Wildman–Crippen MR) is 230 cm³/mol. The molecular formula is C48H41IrNO5P2. The summed E-state index contributed by atoms with van der Waals surface area (Å²) in [6.07, 6.45) is 3.50. The van der Waals surface area contributed by atoms with Gasteiger partial charge in [-0.2, -0.15) is 0 Å². The van der Waals surface area contributed by atoms with E-state index in [1.807, 2.05) is 30.0 Å². The van der Waals surface area contributed by atoms with Crippen molar-refractivity contribution in [1.82, 2.24) is 4.98 Å². The fourth-order valence-electron chi connectivity index (χ4n) is 4.87. The number of hydrogen-bond donors (Lipinski definition) is 0. The molecule has 0 spiro atoms. The number of carbonyl (C=O) groups excluding carboxylic acids is 2. The monoisotopic (exact) mass is 966 g/mol. The third kappa shape index (κ3) is 17.7. The first-order chi connectivity index (χ1) is 27.6. The molecule has 6 aromatic carbocycles. The zero-order valence-corrected chi connectivity index (χ0v) is 35.6. The normalized spacial score (nSPS) is 9.16. The topological polar surface area (TPSA) is 85.4 Å². The molecule has 0 saturated carbocycles. The summed E-state index contributed by atoms with van der Waals surface area (Å²) >= 11 is 0. The van der Waals surface area contributed by atoms with Crippen LogP contribution in [0.3, 0.4) is 0 Å². The zero-order chi connectivity index (χ0) is 40.1. The van der Waals surface area contributed by atoms with E-state index >= 15 is 0 Å². The van der Waals surface area contributed by atoms with Gasteiger partial charge in [0.05, 0.1) is 14.2 Å². The van der Waals surface area contributed by atoms with Crippen LogP contribution in [0.2, 0.25) is 0 Å². The van der Waals surface area contributed by atoms with Crippen LogP contribution in [0.25, 0.3) is 0 Å². The summed E-state index contributed by atoms with van der Waals surface area (Å²) in [7, 11) is 1.46. The summed E-state index contributed by atoms with van der Waals surface area (Å²) in [6.45, 7) is 4.50. The molecule has 57 heavy (non-hydrogen) atoms. The number of benzene rings is 6. The molecule has 1 aromatic heterocycles. The van der Waals surface area contributed by atoms with Gasteiger partial charge >= 0.3 is 23.2 Å². The van der Waals surface area contributed by atoms with Gasteiger partial charge in [-0.1, -0.05) is 188 Å². The molecule has 1 heterocycles. The summed E-state index contributed by atoms with van der Waals surface area (Å²) in [4.78, 5) is 24.2. The Bertz CT molecular complexity index is 1820. The summed E-state index contributed by atoms with van der Waals surface area (Å²) in [5.74, 6) is 2.28. The number of hydrogen-bond acceptors (Lipinski definition) is 5. The van der Waals surface area contributed by atoms with E-state index in [9.17, 15) is 9.59 Å². The Labute approximate surface area is 351 Å². The maximum absolute atomic E-state index is 10.2. The van der Waals surface area contributed by atoms with Gasteiger partial charge in [-0.25, -0.2) is 9.59 Å². The van der Waals surface area contributed by atoms with Crippen LogP contribution in [-0.2, 0) is 43.8 Å². The fourth-order valence-corrected chi connectivity index (χ4v) is 9.48. The van der Waals surface area contributed by atoms with Crippen LogP contribution >= 0.6 is 15.8 Å². The van der Waals surface area contributed by atoms with Crippen molar-refractivity contribution in [2.45, 2.75) is 0 Å². The quantitative estimate of drug-likeness (QED) is 0.0438. The molecule has 0 saturated heterocycles. The van der Waals surface area contributed by atoms with E-state index in [1.54, 1.807) is 12.4 Å². The van der Waals surface area contributed by atoms with E-state index in [0.717, 1.165) is 0 Å². The van der Waals surface area contributed by atoms with Crippen molar-refractivity contribution in [2.75, 3.05) is 14.2 Å². The minimum absolute atomic E-state index is 0. The van der Waals surface area contributed by atoms with E-state index in [-0.39, 0.29) is 20.1 Å². The minimum atomic E-state index is -0.759. The average molecular weight is 966 g/mol. The number of aromatic nitrogens is 1. The van der Waals surface area contributed by atoms with Crippen molar-refractivity contribution >= 4 is 59.6 Å². The van der Waals surface area contributed by atoms with Crippen LogP contribution in [-0.4, -0.2) is 31.1 Å². The first-order valence-corrected chi connectivity index (χ1v) is 19.9. The molecule has 0 atom stereocenters. The van der Waals surface area contributed by atoms with Gasteiger partial charge in [-0.3, -0.25) is 4.98 Å². The number of pyridine rings is 1. The van der Waals surface area contributed by atoms with Crippen molar-refractivity contribution in [2.24, 2.45) is 0 Å². The third-order valence-corrected chi connectivity index (χ3v) is 12.2. The SMILES string of the molecule is COC(=O)C#CC(=O)OC.[C-]#[O+].[Ir].c1ccc(P(c2ccccc2)c2ccccc2)cc1.c1ccc(P(c2ccccc2)c2ccccc2)cc1.c1ccncc1. The number of ether oxygens (including phenoxy) is 2. The Morgan fingerprint density at radius 2 is 0.614 bits per heavy atom. The van der Waals surface area contributed by atoms with Gasteiger partial charge in [-0.15, -0.1) is 0 Å². The summed E-state index contributed by atoms with van der Waals surface area (Å²) in [6, 6.07) is 70.4. The Kier molecular flexibility index (Phi) is 24.5. The van der Waals surface area contributed by atoms with Gasteiger partial charge in [0.15, 0.2) is 0 Å². The number of methoxy groups -OCH3 is 2. The van der Waals surface area contributed by atoms with Gasteiger partial charge in [0.1, 0.15) is 0 Å². The van der Waals surface area contributed by atoms with E-state index in [2.05, 4.69) is 203 Å². The van der Waals surface area contributed by atoms with Crippen LogP contribution in [0.15, 0.2) is 213 Å². The maximum Gasteiger partial charge on any atom is 0.0267 e. The Hall–Kier alpha value is -5.78. The smallest absolute Gasteiger partial charge is 0.0267 e. The molecule has 6 nitrogen and oxygen atoms in total. The summed E-state index contributed by atoms with van der Waals surface area (Å²) < 4.78 is 15.7. The molecule has 9 heteroatoms. The van der Waals surface area contributed by atoms with Crippen LogP contribution < -0.4 is 31.8 Å². The molecule has 0 bridgehead atoms. The molecule has 287 valence electrons. The fraction of sp³-hybridized carbons (Fsp3) is 0.0417. The molecule has 0 fully saturated rings. The Morgan fingerprint density at radius 1 is 0.421 bits per heavy atom. The molecule has 0 aliphatic heterocycles. The van der Waals surface area contributed by atoms with Gasteiger partial charge in [0.25, 0.3) is 0 Å². The largest absolute Gasteiger partial charge is 0.265 e. The van der Waals surface area contributed by atoms with E-state index in [0.29, 0.717) is 0 Å². The number of rotatable bonds is 6. The standard InChI is InChI=1S/2C18H15P.C6H6O4.C5H5N.CO.Ir/c2*1-4-10-16(11-5-1)19(17-12-6-2-7-13-17)18-14-8-3-9-15-18;1-9-5(7)3-4-6(8)10-2;1-2-4-6-5-3-1;1-2;/h2*1-15H;1-2H3;1-5H;;. The Balaban J connectivity index is 0.000000277. The Morgan fingerprint density at radius 3 is 0.754 bits per heavy atom. The predicted octanol–water partition coefficient (Wildman–Crippen LogP) is 7.27. The zero-order valence-electron chi connectivity index (χ0n) is 31.4. The van der Waals surface area contributed by atoms with Crippen molar-refractivity contribution in [3.63, 3.8) is 0 Å². The summed E-state index contributed by atoms with van der Waals surface area (Å²) in [5.41, 5.74) is 0. The van der Waals surface area contributed by atoms with Crippen LogP contribution in [0.4, 0.5) is 0 Å². The van der Waals surface area contributed by atoms with Crippen molar-refractivity contribution in [3.05, 3.63) is 219 Å². The van der Waals surface area contributed by atoms with Gasteiger partial charge in [-0.05, 0) is 59.8 Å². The number of esters is 2. The molecule has 7 rings (SSSR count). The second-order valence-electron chi connectivity index (χ2n) is 10.9. The van der Waals surface area contributed by atoms with E-state index in [1.165, 1.54) is 46.0 Å². The molecule has 0 aliphatic carbocycles. The molecule has 0 amide bonds. The second-order valence-corrected chi connectivity index (χ2v) is 15.4. The van der Waals surface area contributed by atoms with Crippen molar-refractivity contribution in [1.29, 1.82) is 0 Å². The van der Waals surface area contributed by atoms with E-state index < -0.39 is 27.8 Å².